The lowest BCUT2D eigenvalue weighted by atomic mass is 9.90. The van der Waals surface area contributed by atoms with E-state index in [1.54, 1.807) is 0 Å². The molecule has 1 atom stereocenters. The minimum atomic E-state index is 0.0394. The lowest BCUT2D eigenvalue weighted by Crippen LogP contribution is -2.57. The molecule has 2 aliphatic heterocycles. The zero-order chi connectivity index (χ0) is 7.90. The van der Waals surface area contributed by atoms with Gasteiger partial charge in [0.15, 0.2) is 0 Å². The Hall–Kier alpha value is -0.570. The van der Waals surface area contributed by atoms with Crippen molar-refractivity contribution in [2.24, 2.45) is 5.92 Å². The molecule has 0 aromatic rings. The second-order valence-electron chi connectivity index (χ2n) is 3.57. The van der Waals surface area contributed by atoms with E-state index in [0.717, 1.165) is 26.1 Å². The van der Waals surface area contributed by atoms with Gasteiger partial charge < -0.3 is 10.1 Å². The van der Waals surface area contributed by atoms with Crippen LogP contribution in [0.1, 0.15) is 19.8 Å². The second kappa shape index (κ2) is 2.21. The van der Waals surface area contributed by atoms with E-state index in [-0.39, 0.29) is 17.4 Å². The van der Waals surface area contributed by atoms with Crippen LogP contribution in [-0.2, 0) is 9.53 Å². The maximum absolute atomic E-state index is 11.2. The lowest BCUT2D eigenvalue weighted by molar-refractivity contribution is -0.125. The summed E-state index contributed by atoms with van der Waals surface area (Å²) in [6, 6.07) is 0. The Bertz CT molecular complexity index is 187. The quantitative estimate of drug-likeness (QED) is 0.591. The molecule has 0 bridgehead atoms. The van der Waals surface area contributed by atoms with Crippen molar-refractivity contribution in [3.8, 4) is 0 Å². The van der Waals surface area contributed by atoms with Crippen molar-refractivity contribution >= 4 is 5.91 Å². The third-order valence-corrected chi connectivity index (χ3v) is 2.65. The van der Waals surface area contributed by atoms with Gasteiger partial charge in [-0.15, -0.1) is 0 Å². The highest BCUT2D eigenvalue weighted by atomic mass is 16.5. The molecule has 0 aromatic heterocycles. The smallest absolute Gasteiger partial charge is 0.223 e. The van der Waals surface area contributed by atoms with Gasteiger partial charge >= 0.3 is 0 Å². The Kier molecular flexibility index (Phi) is 1.42. The molecule has 2 heterocycles. The highest BCUT2D eigenvalue weighted by molar-refractivity contribution is 5.82. The molecule has 1 amide bonds. The van der Waals surface area contributed by atoms with E-state index in [9.17, 15) is 4.79 Å². The van der Waals surface area contributed by atoms with Crippen molar-refractivity contribution in [1.82, 2.24) is 5.32 Å². The molecule has 3 nitrogen and oxygen atoms in total. The van der Waals surface area contributed by atoms with Gasteiger partial charge in [0.2, 0.25) is 5.91 Å². The number of rotatable bonds is 1. The molecule has 0 aliphatic carbocycles. The normalized spacial score (nSPS) is 33.5. The number of carbonyl (C=O) groups is 1. The number of hydrogen-bond donors (Lipinski definition) is 1. The summed E-state index contributed by atoms with van der Waals surface area (Å²) in [5.74, 6) is 0.453. The van der Waals surface area contributed by atoms with Crippen molar-refractivity contribution < 1.29 is 9.53 Å². The zero-order valence-corrected chi connectivity index (χ0v) is 6.72. The van der Waals surface area contributed by atoms with Crippen LogP contribution < -0.4 is 5.32 Å². The summed E-state index contributed by atoms with van der Waals surface area (Å²) in [7, 11) is 0. The maximum Gasteiger partial charge on any atom is 0.223 e. The van der Waals surface area contributed by atoms with Gasteiger partial charge in [0.1, 0.15) is 0 Å². The van der Waals surface area contributed by atoms with E-state index in [2.05, 4.69) is 12.2 Å². The van der Waals surface area contributed by atoms with Crippen molar-refractivity contribution in [1.29, 1.82) is 0 Å². The summed E-state index contributed by atoms with van der Waals surface area (Å²) in [5.41, 5.74) is 0.0394. The standard InChI is InChI=1S/C8H13NO2/c1-2-6-3-8(4-11-5-8)9-7(6)10/h6H,2-5H2,1H3,(H,9,10)/t6-/m1/s1. The predicted molar refractivity (Wildman–Crippen MR) is 40.1 cm³/mol. The fourth-order valence-electron chi connectivity index (χ4n) is 1.85. The van der Waals surface area contributed by atoms with E-state index in [1.165, 1.54) is 0 Å². The minimum Gasteiger partial charge on any atom is -0.376 e. The van der Waals surface area contributed by atoms with Gasteiger partial charge in [0, 0.05) is 5.92 Å². The predicted octanol–water partition coefficient (Wildman–Crippen LogP) is 0.301. The number of carbonyl (C=O) groups excluding carboxylic acids is 1. The van der Waals surface area contributed by atoms with E-state index in [0.29, 0.717) is 0 Å². The van der Waals surface area contributed by atoms with Crippen molar-refractivity contribution in [2.45, 2.75) is 25.3 Å². The number of ether oxygens (including phenoxy) is 1. The third-order valence-electron chi connectivity index (χ3n) is 2.65. The highest BCUT2D eigenvalue weighted by Crippen LogP contribution is 2.32. The first-order valence-electron chi connectivity index (χ1n) is 4.15. The molecule has 1 N–H and O–H groups in total. The molecule has 0 radical (unpaired) electrons. The van der Waals surface area contributed by atoms with E-state index in [1.807, 2.05) is 0 Å². The largest absolute Gasteiger partial charge is 0.376 e. The summed E-state index contributed by atoms with van der Waals surface area (Å²) >= 11 is 0. The average molecular weight is 155 g/mol. The SMILES string of the molecule is CC[C@@H]1CC2(COC2)NC1=O. The fraction of sp³-hybridized carbons (Fsp3) is 0.875. The molecule has 0 unspecified atom stereocenters. The van der Waals surface area contributed by atoms with Gasteiger partial charge in [-0.3, -0.25) is 4.79 Å². The second-order valence-corrected chi connectivity index (χ2v) is 3.57. The Morgan fingerprint density at radius 2 is 2.45 bits per heavy atom. The molecular formula is C8H13NO2. The first-order valence-corrected chi connectivity index (χ1v) is 4.15. The first kappa shape index (κ1) is 7.10. The monoisotopic (exact) mass is 155 g/mol. The molecule has 2 rings (SSSR count). The van der Waals surface area contributed by atoms with Gasteiger partial charge in [-0.05, 0) is 12.8 Å². The van der Waals surface area contributed by atoms with Crippen molar-refractivity contribution in [2.75, 3.05) is 13.2 Å². The van der Waals surface area contributed by atoms with Gasteiger partial charge in [-0.25, -0.2) is 0 Å². The van der Waals surface area contributed by atoms with Crippen LogP contribution in [-0.4, -0.2) is 24.7 Å². The van der Waals surface area contributed by atoms with Gasteiger partial charge in [-0.2, -0.15) is 0 Å². The summed E-state index contributed by atoms with van der Waals surface area (Å²) < 4.78 is 5.09. The molecule has 62 valence electrons. The summed E-state index contributed by atoms with van der Waals surface area (Å²) in [5, 5.41) is 3.00. The maximum atomic E-state index is 11.2. The average Bonchev–Trinajstić information content (AvgIpc) is 2.26. The summed E-state index contributed by atoms with van der Waals surface area (Å²) in [6.45, 7) is 3.49. The number of hydrogen-bond acceptors (Lipinski definition) is 2. The number of amides is 1. The molecule has 1 spiro atoms. The molecule has 2 saturated heterocycles. The van der Waals surface area contributed by atoms with Gasteiger partial charge in [0.05, 0.1) is 18.8 Å². The molecular weight excluding hydrogens is 142 g/mol. The molecule has 2 aliphatic rings. The van der Waals surface area contributed by atoms with Crippen LogP contribution in [0.3, 0.4) is 0 Å². The van der Waals surface area contributed by atoms with Gasteiger partial charge in [0.25, 0.3) is 0 Å². The summed E-state index contributed by atoms with van der Waals surface area (Å²) in [4.78, 5) is 11.2. The van der Waals surface area contributed by atoms with Crippen LogP contribution >= 0.6 is 0 Å². The molecule has 0 saturated carbocycles. The molecule has 11 heavy (non-hydrogen) atoms. The highest BCUT2D eigenvalue weighted by Gasteiger charge is 2.48. The number of nitrogens with one attached hydrogen (secondary N) is 1. The van der Waals surface area contributed by atoms with Gasteiger partial charge in [-0.1, -0.05) is 6.92 Å². The summed E-state index contributed by atoms with van der Waals surface area (Å²) in [6.07, 6.45) is 1.93. The lowest BCUT2D eigenvalue weighted by Gasteiger charge is -2.37. The molecule has 2 fully saturated rings. The van der Waals surface area contributed by atoms with Crippen molar-refractivity contribution in [3.05, 3.63) is 0 Å². The topological polar surface area (TPSA) is 38.3 Å². The Balaban J connectivity index is 2.05. The zero-order valence-electron chi connectivity index (χ0n) is 6.72. The van der Waals surface area contributed by atoms with E-state index in [4.69, 9.17) is 4.74 Å². The Morgan fingerprint density at radius 3 is 2.73 bits per heavy atom. The first-order chi connectivity index (χ1) is 5.26. The van der Waals surface area contributed by atoms with E-state index >= 15 is 0 Å². The van der Waals surface area contributed by atoms with Crippen LogP contribution in [0.5, 0.6) is 0 Å². The van der Waals surface area contributed by atoms with E-state index < -0.39 is 0 Å². The minimum absolute atomic E-state index is 0.0394. The van der Waals surface area contributed by atoms with Crippen LogP contribution in [0.4, 0.5) is 0 Å². The van der Waals surface area contributed by atoms with Crippen LogP contribution in [0.15, 0.2) is 0 Å². The molecule has 3 heteroatoms. The fourth-order valence-corrected chi connectivity index (χ4v) is 1.85. The van der Waals surface area contributed by atoms with Crippen LogP contribution in [0, 0.1) is 5.92 Å². The third kappa shape index (κ3) is 0.948. The molecule has 0 aromatic carbocycles. The Labute approximate surface area is 66.1 Å². The van der Waals surface area contributed by atoms with Crippen LogP contribution in [0.25, 0.3) is 0 Å². The van der Waals surface area contributed by atoms with Crippen LogP contribution in [0.2, 0.25) is 0 Å². The Morgan fingerprint density at radius 1 is 1.73 bits per heavy atom. The van der Waals surface area contributed by atoms with Crippen molar-refractivity contribution in [3.63, 3.8) is 0 Å².